The van der Waals surface area contributed by atoms with Crippen LogP contribution in [0, 0.1) is 0 Å². The van der Waals surface area contributed by atoms with Crippen molar-refractivity contribution in [3.63, 3.8) is 0 Å². The minimum absolute atomic E-state index is 0.141. The number of nitrogens with zero attached hydrogens (tertiary/aromatic N) is 2. The zero-order valence-electron chi connectivity index (χ0n) is 20.4. The summed E-state index contributed by atoms with van der Waals surface area (Å²) in [6.45, 7) is 2.12. The zero-order valence-corrected chi connectivity index (χ0v) is 20.4. The number of hydrogen-bond donors (Lipinski definition) is 0. The van der Waals surface area contributed by atoms with E-state index in [2.05, 4.69) is 4.90 Å². The number of carbonyl (C=O) groups is 1. The summed E-state index contributed by atoms with van der Waals surface area (Å²) in [5, 5.41) is 0. The second-order valence-electron chi connectivity index (χ2n) is 8.60. The molecule has 3 rings (SSSR count). The molecule has 1 aliphatic rings. The monoisotopic (exact) mass is 456 g/mol. The molecule has 33 heavy (non-hydrogen) atoms. The highest BCUT2D eigenvalue weighted by Crippen LogP contribution is 2.32. The van der Waals surface area contributed by atoms with Crippen molar-refractivity contribution >= 4 is 5.91 Å². The largest absolute Gasteiger partial charge is 0.493 e. The van der Waals surface area contributed by atoms with Gasteiger partial charge in [0.25, 0.3) is 0 Å². The maximum Gasteiger partial charge on any atom is 0.223 e. The zero-order chi connectivity index (χ0) is 23.8. The molecular formula is C26H36N2O5. The van der Waals surface area contributed by atoms with Gasteiger partial charge in [0.2, 0.25) is 5.91 Å². The lowest BCUT2D eigenvalue weighted by Crippen LogP contribution is -2.33. The first-order chi connectivity index (χ1) is 15.9. The van der Waals surface area contributed by atoms with Crippen LogP contribution in [0.4, 0.5) is 0 Å². The SMILES string of the molecule is COc1ccc(CC2CCC(=O)N2Cc2ccc(OC)c(OCCCN(C)C)c2)cc1OC. The second-order valence-corrected chi connectivity index (χ2v) is 8.60. The van der Waals surface area contributed by atoms with Crippen LogP contribution in [0.2, 0.25) is 0 Å². The highest BCUT2D eigenvalue weighted by molar-refractivity contribution is 5.78. The summed E-state index contributed by atoms with van der Waals surface area (Å²) in [4.78, 5) is 16.8. The molecule has 1 heterocycles. The van der Waals surface area contributed by atoms with E-state index in [9.17, 15) is 4.79 Å². The molecule has 0 N–H and O–H groups in total. The van der Waals surface area contributed by atoms with Gasteiger partial charge in [-0.15, -0.1) is 0 Å². The van der Waals surface area contributed by atoms with Gasteiger partial charge >= 0.3 is 0 Å². The first-order valence-electron chi connectivity index (χ1n) is 11.4. The van der Waals surface area contributed by atoms with E-state index >= 15 is 0 Å². The molecule has 1 aliphatic heterocycles. The quantitative estimate of drug-likeness (QED) is 0.453. The van der Waals surface area contributed by atoms with Crippen LogP contribution in [0.1, 0.15) is 30.4 Å². The van der Waals surface area contributed by atoms with Gasteiger partial charge in [-0.25, -0.2) is 0 Å². The highest BCUT2D eigenvalue weighted by Gasteiger charge is 2.31. The smallest absolute Gasteiger partial charge is 0.223 e. The third kappa shape index (κ3) is 6.54. The minimum atomic E-state index is 0.141. The summed E-state index contributed by atoms with van der Waals surface area (Å²) in [5.74, 6) is 3.02. The number of carbonyl (C=O) groups excluding carboxylic acids is 1. The second kappa shape index (κ2) is 11.8. The summed E-state index contributed by atoms with van der Waals surface area (Å²) in [6.07, 6.45) is 3.12. The molecule has 180 valence electrons. The lowest BCUT2D eigenvalue weighted by atomic mass is 10.0. The Morgan fingerprint density at radius 2 is 1.55 bits per heavy atom. The number of methoxy groups -OCH3 is 3. The van der Waals surface area contributed by atoms with E-state index in [0.717, 1.165) is 42.7 Å². The van der Waals surface area contributed by atoms with Gasteiger partial charge in [-0.05, 0) is 68.8 Å². The van der Waals surface area contributed by atoms with Gasteiger partial charge in [-0.2, -0.15) is 0 Å². The average Bonchev–Trinajstić information content (AvgIpc) is 3.15. The Bertz CT molecular complexity index is 931. The van der Waals surface area contributed by atoms with Crippen LogP contribution in [-0.4, -0.2) is 70.3 Å². The summed E-state index contributed by atoms with van der Waals surface area (Å²) in [7, 11) is 9.01. The molecule has 0 aliphatic carbocycles. The third-order valence-corrected chi connectivity index (χ3v) is 5.96. The minimum Gasteiger partial charge on any atom is -0.493 e. The average molecular weight is 457 g/mol. The Morgan fingerprint density at radius 1 is 0.909 bits per heavy atom. The fourth-order valence-electron chi connectivity index (χ4n) is 4.19. The van der Waals surface area contributed by atoms with Crippen molar-refractivity contribution < 1.29 is 23.7 Å². The van der Waals surface area contributed by atoms with E-state index in [-0.39, 0.29) is 11.9 Å². The van der Waals surface area contributed by atoms with Crippen molar-refractivity contribution in [3.05, 3.63) is 47.5 Å². The van der Waals surface area contributed by atoms with Gasteiger partial charge in [0.05, 0.1) is 27.9 Å². The molecule has 0 aromatic heterocycles. The standard InChI is InChI=1S/C26H36N2O5/c1-27(2)13-6-14-33-25-17-20(8-11-23(25)31-4)18-28-21(9-12-26(28)29)15-19-7-10-22(30-3)24(16-19)32-5/h7-8,10-11,16-17,21H,6,9,12-15,18H2,1-5H3. The van der Waals surface area contributed by atoms with E-state index in [1.165, 1.54) is 0 Å². The predicted octanol–water partition coefficient (Wildman–Crippen LogP) is 3.78. The molecule has 2 aromatic carbocycles. The van der Waals surface area contributed by atoms with Gasteiger partial charge in [0.15, 0.2) is 23.0 Å². The third-order valence-electron chi connectivity index (χ3n) is 5.96. The Labute approximate surface area is 197 Å². The van der Waals surface area contributed by atoms with Gasteiger partial charge in [0.1, 0.15) is 0 Å². The highest BCUT2D eigenvalue weighted by atomic mass is 16.5. The van der Waals surface area contributed by atoms with Crippen LogP contribution < -0.4 is 18.9 Å². The Hall–Kier alpha value is -2.93. The van der Waals surface area contributed by atoms with Crippen molar-refractivity contribution in [1.29, 1.82) is 0 Å². The fraction of sp³-hybridized carbons (Fsp3) is 0.500. The number of benzene rings is 2. The Morgan fingerprint density at radius 3 is 2.21 bits per heavy atom. The van der Waals surface area contributed by atoms with Crippen molar-refractivity contribution in [2.45, 2.75) is 38.3 Å². The number of likely N-dealkylation sites (tertiary alicyclic amines) is 1. The summed E-state index contributed by atoms with van der Waals surface area (Å²) in [6, 6.07) is 12.0. The van der Waals surface area contributed by atoms with E-state index in [1.807, 2.05) is 55.4 Å². The molecule has 1 amide bonds. The lowest BCUT2D eigenvalue weighted by molar-refractivity contribution is -0.129. The van der Waals surface area contributed by atoms with Crippen LogP contribution in [-0.2, 0) is 17.8 Å². The predicted molar refractivity (Wildman–Crippen MR) is 128 cm³/mol. The number of ether oxygens (including phenoxy) is 4. The van der Waals surface area contributed by atoms with Gasteiger partial charge in [-0.1, -0.05) is 12.1 Å². The maximum atomic E-state index is 12.7. The molecule has 1 saturated heterocycles. The molecular weight excluding hydrogens is 420 g/mol. The Balaban J connectivity index is 1.70. The van der Waals surface area contributed by atoms with Crippen molar-refractivity contribution in [2.24, 2.45) is 0 Å². The van der Waals surface area contributed by atoms with Crippen molar-refractivity contribution in [3.8, 4) is 23.0 Å². The van der Waals surface area contributed by atoms with E-state index < -0.39 is 0 Å². The number of amides is 1. The first kappa shape index (κ1) is 24.7. The van der Waals surface area contributed by atoms with Crippen LogP contribution in [0.25, 0.3) is 0 Å². The normalized spacial score (nSPS) is 15.8. The maximum absolute atomic E-state index is 12.7. The molecule has 2 aromatic rings. The van der Waals surface area contributed by atoms with Gasteiger partial charge < -0.3 is 28.7 Å². The molecule has 7 heteroatoms. The Kier molecular flexibility index (Phi) is 8.83. The van der Waals surface area contributed by atoms with Gasteiger partial charge in [-0.3, -0.25) is 4.79 Å². The fourth-order valence-corrected chi connectivity index (χ4v) is 4.19. The molecule has 7 nitrogen and oxygen atoms in total. The molecule has 1 unspecified atom stereocenters. The molecule has 0 spiro atoms. The van der Waals surface area contributed by atoms with Gasteiger partial charge in [0, 0.05) is 25.6 Å². The number of hydrogen-bond acceptors (Lipinski definition) is 6. The summed E-state index contributed by atoms with van der Waals surface area (Å²) in [5.41, 5.74) is 2.16. The van der Waals surface area contributed by atoms with Crippen LogP contribution in [0.5, 0.6) is 23.0 Å². The topological polar surface area (TPSA) is 60.5 Å². The van der Waals surface area contributed by atoms with Crippen LogP contribution in [0.3, 0.4) is 0 Å². The molecule has 0 bridgehead atoms. The lowest BCUT2D eigenvalue weighted by Gasteiger charge is -2.26. The van der Waals surface area contributed by atoms with Crippen LogP contribution in [0.15, 0.2) is 36.4 Å². The number of rotatable bonds is 12. The van der Waals surface area contributed by atoms with E-state index in [4.69, 9.17) is 18.9 Å². The van der Waals surface area contributed by atoms with Crippen LogP contribution >= 0.6 is 0 Å². The molecule has 0 saturated carbocycles. The summed E-state index contributed by atoms with van der Waals surface area (Å²) < 4.78 is 22.3. The molecule has 1 atom stereocenters. The first-order valence-corrected chi connectivity index (χ1v) is 11.4. The molecule has 0 radical (unpaired) electrons. The van der Waals surface area contributed by atoms with Crippen molar-refractivity contribution in [1.82, 2.24) is 9.80 Å². The summed E-state index contributed by atoms with van der Waals surface area (Å²) >= 11 is 0. The van der Waals surface area contributed by atoms with E-state index in [0.29, 0.717) is 36.8 Å². The van der Waals surface area contributed by atoms with E-state index in [1.54, 1.807) is 21.3 Å². The van der Waals surface area contributed by atoms with Crippen molar-refractivity contribution in [2.75, 3.05) is 48.6 Å². The molecule has 1 fully saturated rings.